The molecule has 0 aliphatic carbocycles. The predicted octanol–water partition coefficient (Wildman–Crippen LogP) is 0.327. The zero-order valence-corrected chi connectivity index (χ0v) is 14.3. The zero-order chi connectivity index (χ0) is 18.3. The molecule has 0 aromatic heterocycles. The molecule has 1 fully saturated rings. The molecule has 2 amide bonds. The quantitative estimate of drug-likeness (QED) is 0.550. The molecule has 25 heavy (non-hydrogen) atoms. The highest BCUT2D eigenvalue weighted by molar-refractivity contribution is 8.00. The van der Waals surface area contributed by atoms with E-state index in [1.165, 1.54) is 23.9 Å². The van der Waals surface area contributed by atoms with Crippen LogP contribution >= 0.6 is 23.4 Å². The Kier molecular flexibility index (Phi) is 4.63. The Bertz CT molecular complexity index is 799. The predicted molar refractivity (Wildman–Crippen MR) is 90.6 cm³/mol. The van der Waals surface area contributed by atoms with Gasteiger partial charge in [-0.25, -0.2) is 4.79 Å². The van der Waals surface area contributed by atoms with Crippen LogP contribution < -0.4 is 11.1 Å². The minimum atomic E-state index is -1.29. The molecule has 132 valence electrons. The summed E-state index contributed by atoms with van der Waals surface area (Å²) < 4.78 is 0. The summed E-state index contributed by atoms with van der Waals surface area (Å²) in [6.07, 6.45) is 0. The van der Waals surface area contributed by atoms with Crippen LogP contribution in [0.3, 0.4) is 0 Å². The number of carbonyl (C=O) groups is 3. The fraction of sp³-hybridized carbons (Fsp3) is 0.267. The van der Waals surface area contributed by atoms with E-state index in [-0.39, 0.29) is 27.8 Å². The standard InChI is InChI=1S/C15H14ClN3O5S/c16-7-5-25-14-10(13(22)19(14)11(7)15(23)24)18-12(21)9(17)6-3-1-2-4-8(6)20/h1-4,9-10,14,20H,5,17H2,(H,18,21)(H,23,24)/t9-,10-,14-/m1/s1. The van der Waals surface area contributed by atoms with E-state index in [2.05, 4.69) is 5.32 Å². The van der Waals surface area contributed by atoms with Crippen molar-refractivity contribution < 1.29 is 24.6 Å². The molecule has 2 aliphatic heterocycles. The van der Waals surface area contributed by atoms with E-state index < -0.39 is 35.2 Å². The van der Waals surface area contributed by atoms with Gasteiger partial charge < -0.3 is 21.3 Å². The van der Waals surface area contributed by atoms with Crippen molar-refractivity contribution in [1.82, 2.24) is 10.2 Å². The summed E-state index contributed by atoms with van der Waals surface area (Å²) in [7, 11) is 0. The number of β-lactam (4-membered cyclic amide) rings is 1. The second-order valence-corrected chi connectivity index (χ2v) is 7.05. The van der Waals surface area contributed by atoms with E-state index in [1.807, 2.05) is 0 Å². The summed E-state index contributed by atoms with van der Waals surface area (Å²) in [5, 5.41) is 21.0. The minimum Gasteiger partial charge on any atom is -0.508 e. The van der Waals surface area contributed by atoms with E-state index in [9.17, 15) is 24.6 Å². The van der Waals surface area contributed by atoms with Crippen molar-refractivity contribution in [3.05, 3.63) is 40.6 Å². The first-order chi connectivity index (χ1) is 11.8. The number of aromatic hydroxyl groups is 1. The molecular weight excluding hydrogens is 370 g/mol. The normalized spacial score (nSPS) is 23.6. The number of benzene rings is 1. The number of halogens is 1. The number of carboxylic acid groups (broad SMARTS) is 1. The number of para-hydroxylation sites is 1. The highest BCUT2D eigenvalue weighted by Gasteiger charge is 2.54. The Morgan fingerprint density at radius 3 is 2.72 bits per heavy atom. The largest absolute Gasteiger partial charge is 0.508 e. The number of phenols is 1. The van der Waals surface area contributed by atoms with Gasteiger partial charge in [0.25, 0.3) is 5.91 Å². The van der Waals surface area contributed by atoms with E-state index in [0.717, 1.165) is 4.90 Å². The number of thioether (sulfide) groups is 1. The minimum absolute atomic E-state index is 0.0813. The maximum absolute atomic E-state index is 12.3. The van der Waals surface area contributed by atoms with Crippen LogP contribution in [-0.4, -0.2) is 50.1 Å². The van der Waals surface area contributed by atoms with Crippen molar-refractivity contribution >= 4 is 41.1 Å². The number of hydrogen-bond acceptors (Lipinski definition) is 6. The summed E-state index contributed by atoms with van der Waals surface area (Å²) in [5.41, 5.74) is 5.82. The number of carbonyl (C=O) groups excluding carboxylic acids is 2. The third kappa shape index (κ3) is 2.94. The molecule has 0 saturated carbocycles. The summed E-state index contributed by atoms with van der Waals surface area (Å²) in [6.45, 7) is 0. The first kappa shape index (κ1) is 17.6. The SMILES string of the molecule is N[C@@H](C(=O)N[C@@H]1C(=O)N2C(C(=O)O)=C(Cl)CS[C@H]12)c1ccccc1O. The molecule has 0 spiro atoms. The first-order valence-corrected chi connectivity index (χ1v) is 8.66. The highest BCUT2D eigenvalue weighted by atomic mass is 35.5. The number of hydrogen-bond donors (Lipinski definition) is 4. The average Bonchev–Trinajstić information content (AvgIpc) is 2.58. The van der Waals surface area contributed by atoms with Gasteiger partial charge in [-0.15, -0.1) is 11.8 Å². The summed E-state index contributed by atoms with van der Waals surface area (Å²) in [6, 6.07) is 4.08. The molecule has 2 heterocycles. The lowest BCUT2D eigenvalue weighted by molar-refractivity contribution is -0.150. The number of amides is 2. The maximum Gasteiger partial charge on any atom is 0.353 e. The molecule has 3 rings (SSSR count). The van der Waals surface area contributed by atoms with Crippen LogP contribution in [0.15, 0.2) is 35.0 Å². The summed E-state index contributed by atoms with van der Waals surface area (Å²) in [4.78, 5) is 36.9. The van der Waals surface area contributed by atoms with E-state index in [0.29, 0.717) is 0 Å². The van der Waals surface area contributed by atoms with Crippen molar-refractivity contribution in [2.75, 3.05) is 5.75 Å². The van der Waals surface area contributed by atoms with Gasteiger partial charge in [-0.3, -0.25) is 14.5 Å². The van der Waals surface area contributed by atoms with Crippen LogP contribution in [0.5, 0.6) is 5.75 Å². The Hall–Kier alpha value is -2.23. The zero-order valence-electron chi connectivity index (χ0n) is 12.7. The first-order valence-electron chi connectivity index (χ1n) is 7.23. The molecule has 1 saturated heterocycles. The van der Waals surface area contributed by atoms with Gasteiger partial charge in [0.15, 0.2) is 0 Å². The second-order valence-electron chi connectivity index (χ2n) is 5.49. The molecule has 0 unspecified atom stereocenters. The van der Waals surface area contributed by atoms with Crippen molar-refractivity contribution in [2.24, 2.45) is 5.73 Å². The van der Waals surface area contributed by atoms with Gasteiger partial charge in [-0.05, 0) is 6.07 Å². The Balaban J connectivity index is 1.73. The fourth-order valence-electron chi connectivity index (χ4n) is 2.72. The molecule has 5 N–H and O–H groups in total. The summed E-state index contributed by atoms with van der Waals surface area (Å²) >= 11 is 7.14. The van der Waals surface area contributed by atoms with Crippen LogP contribution in [-0.2, 0) is 14.4 Å². The molecule has 10 heteroatoms. The van der Waals surface area contributed by atoms with Gasteiger partial charge in [-0.2, -0.15) is 0 Å². The van der Waals surface area contributed by atoms with Gasteiger partial charge in [-0.1, -0.05) is 29.8 Å². The number of fused-ring (bicyclic) bond motifs is 1. The number of carboxylic acids is 1. The fourth-order valence-corrected chi connectivity index (χ4v) is 4.27. The Morgan fingerprint density at radius 2 is 2.08 bits per heavy atom. The number of nitrogens with two attached hydrogens (primary N) is 1. The van der Waals surface area contributed by atoms with E-state index in [4.69, 9.17) is 17.3 Å². The lowest BCUT2D eigenvalue weighted by Crippen LogP contribution is -2.70. The van der Waals surface area contributed by atoms with E-state index in [1.54, 1.807) is 12.1 Å². The van der Waals surface area contributed by atoms with Crippen molar-refractivity contribution in [3.8, 4) is 5.75 Å². The molecule has 0 bridgehead atoms. The number of rotatable bonds is 4. The molecule has 0 radical (unpaired) electrons. The average molecular weight is 384 g/mol. The lowest BCUT2D eigenvalue weighted by atomic mass is 10.0. The van der Waals surface area contributed by atoms with Gasteiger partial charge in [0.1, 0.15) is 28.9 Å². The van der Waals surface area contributed by atoms with Gasteiger partial charge in [0.2, 0.25) is 5.91 Å². The topological polar surface area (TPSA) is 133 Å². The third-order valence-electron chi connectivity index (χ3n) is 3.98. The van der Waals surface area contributed by atoms with Crippen molar-refractivity contribution in [2.45, 2.75) is 17.5 Å². The van der Waals surface area contributed by atoms with Gasteiger partial charge >= 0.3 is 5.97 Å². The summed E-state index contributed by atoms with van der Waals surface area (Å²) in [5.74, 6) is -2.39. The van der Waals surface area contributed by atoms with Gasteiger partial charge in [0.05, 0.1) is 5.03 Å². The Morgan fingerprint density at radius 1 is 1.40 bits per heavy atom. The maximum atomic E-state index is 12.3. The number of nitrogens with one attached hydrogen (secondary N) is 1. The Labute approximate surface area is 151 Å². The molecule has 1 aromatic carbocycles. The van der Waals surface area contributed by atoms with E-state index >= 15 is 0 Å². The smallest absolute Gasteiger partial charge is 0.353 e. The van der Waals surface area contributed by atoms with Crippen molar-refractivity contribution in [3.63, 3.8) is 0 Å². The van der Waals surface area contributed by atoms with Crippen LogP contribution in [0.25, 0.3) is 0 Å². The lowest BCUT2D eigenvalue weighted by Gasteiger charge is -2.48. The number of nitrogens with zero attached hydrogens (tertiary/aromatic N) is 1. The highest BCUT2D eigenvalue weighted by Crippen LogP contribution is 2.41. The number of aliphatic carboxylic acids is 1. The molecular formula is C15H14ClN3O5S. The second kappa shape index (κ2) is 6.58. The van der Waals surface area contributed by atoms with Crippen LogP contribution in [0.4, 0.5) is 0 Å². The van der Waals surface area contributed by atoms with Crippen LogP contribution in [0.2, 0.25) is 0 Å². The van der Waals surface area contributed by atoms with Gasteiger partial charge in [0, 0.05) is 11.3 Å². The van der Waals surface area contributed by atoms with Crippen molar-refractivity contribution in [1.29, 1.82) is 0 Å². The molecule has 3 atom stereocenters. The number of phenolic OH excluding ortho intramolecular Hbond substituents is 1. The molecule has 1 aromatic rings. The molecule has 8 nitrogen and oxygen atoms in total. The van der Waals surface area contributed by atoms with Crippen LogP contribution in [0, 0.1) is 0 Å². The third-order valence-corrected chi connectivity index (χ3v) is 5.73. The van der Waals surface area contributed by atoms with Crippen LogP contribution in [0.1, 0.15) is 11.6 Å². The monoisotopic (exact) mass is 383 g/mol. The molecule has 2 aliphatic rings.